The molecule has 3 heteroatoms. The van der Waals surface area contributed by atoms with Crippen molar-refractivity contribution in [1.29, 1.82) is 0 Å². The smallest absolute Gasteiger partial charge is 1.00 e. The van der Waals surface area contributed by atoms with Crippen molar-refractivity contribution in [3.63, 3.8) is 0 Å². The molecule has 0 bridgehead atoms. The first-order valence-electron chi connectivity index (χ1n) is 0.447. The van der Waals surface area contributed by atoms with E-state index in [1.165, 1.54) is 0 Å². The quantitative estimate of drug-likeness (QED) is 0.403. The van der Waals surface area contributed by atoms with E-state index in [2.05, 4.69) is 0 Å². The van der Waals surface area contributed by atoms with Gasteiger partial charge in [0.15, 0.2) is 0 Å². The predicted molar refractivity (Wildman–Crippen MR) is 8.14 cm³/mol. The Morgan fingerprint density at radius 3 is 1.25 bits per heavy atom. The number of hydrogen-bond acceptors (Lipinski definition) is 1. The SMILES string of the molecule is CO.[Br-].[Co+2]. The third-order valence-electron chi connectivity index (χ3n) is 0. The van der Waals surface area contributed by atoms with Crippen LogP contribution in [-0.2, 0) is 16.8 Å². The minimum Gasteiger partial charge on any atom is -1.00 e. The molecule has 1 N–H and O–H groups in total. The fourth-order valence-electron chi connectivity index (χ4n) is 0. The fraction of sp³-hybridized carbons (Fsp3) is 1.00. The van der Waals surface area contributed by atoms with Crippen molar-refractivity contribution in [1.82, 2.24) is 0 Å². The van der Waals surface area contributed by atoms with Crippen molar-refractivity contribution >= 4 is 0 Å². The topological polar surface area (TPSA) is 20.2 Å². The van der Waals surface area contributed by atoms with Gasteiger partial charge in [-0.15, -0.1) is 0 Å². The summed E-state index contributed by atoms with van der Waals surface area (Å²) in [5.74, 6) is 0. The van der Waals surface area contributed by atoms with Gasteiger partial charge in [-0.2, -0.15) is 0 Å². The molecule has 0 spiro atoms. The van der Waals surface area contributed by atoms with E-state index in [0.717, 1.165) is 7.11 Å². The van der Waals surface area contributed by atoms with Crippen molar-refractivity contribution in [3.8, 4) is 0 Å². The van der Waals surface area contributed by atoms with Crippen LogP contribution in [0.1, 0.15) is 0 Å². The summed E-state index contributed by atoms with van der Waals surface area (Å²) in [6.45, 7) is 0. The van der Waals surface area contributed by atoms with E-state index < -0.39 is 0 Å². The van der Waals surface area contributed by atoms with Crippen LogP contribution in [-0.4, -0.2) is 12.2 Å². The van der Waals surface area contributed by atoms with Crippen LogP contribution in [0.4, 0.5) is 0 Å². The summed E-state index contributed by atoms with van der Waals surface area (Å²) >= 11 is 0. The Hall–Kier alpha value is 0.946. The summed E-state index contributed by atoms with van der Waals surface area (Å²) in [7, 11) is 1.00. The maximum atomic E-state index is 7.00. The van der Waals surface area contributed by atoms with Crippen molar-refractivity contribution in [2.24, 2.45) is 0 Å². The number of aliphatic hydroxyl groups excluding tert-OH is 1. The normalized spacial score (nSPS) is 1.50. The van der Waals surface area contributed by atoms with Gasteiger partial charge in [0, 0.05) is 7.11 Å². The Labute approximate surface area is 46.4 Å². The van der Waals surface area contributed by atoms with E-state index in [1.54, 1.807) is 0 Å². The predicted octanol–water partition coefficient (Wildman–Crippen LogP) is -3.39. The third kappa shape index (κ3) is 12.5. The first kappa shape index (κ1) is 20.3. The molecule has 1 radical (unpaired) electrons. The molecule has 0 fully saturated rings. The second kappa shape index (κ2) is 38.2. The molecule has 0 aromatic rings. The zero-order chi connectivity index (χ0) is 2.00. The van der Waals surface area contributed by atoms with Gasteiger partial charge in [-0.05, 0) is 0 Å². The molecular formula is CH4BrCoO+. The standard InChI is InChI=1S/CH4O.BrH.Co/c1-2;;/h2H,1H3;1H;/q;;+2/p-1. The van der Waals surface area contributed by atoms with Gasteiger partial charge in [0.05, 0.1) is 0 Å². The molecule has 4 heavy (non-hydrogen) atoms. The van der Waals surface area contributed by atoms with Crippen LogP contribution in [0.3, 0.4) is 0 Å². The van der Waals surface area contributed by atoms with Gasteiger partial charge in [-0.3, -0.25) is 0 Å². The van der Waals surface area contributed by atoms with Crippen LogP contribution < -0.4 is 17.0 Å². The maximum absolute atomic E-state index is 7.00. The van der Waals surface area contributed by atoms with E-state index in [4.69, 9.17) is 5.11 Å². The summed E-state index contributed by atoms with van der Waals surface area (Å²) in [4.78, 5) is 0. The Balaban J connectivity index is -0.00000000500. The average Bonchev–Trinajstić information content (AvgIpc) is 1.00. The molecule has 0 heterocycles. The molecule has 0 aromatic carbocycles. The number of aliphatic hydroxyl groups is 1. The van der Waals surface area contributed by atoms with Gasteiger partial charge >= 0.3 is 16.8 Å². The Morgan fingerprint density at radius 1 is 1.25 bits per heavy atom. The van der Waals surface area contributed by atoms with Crippen LogP contribution in [0, 0.1) is 0 Å². The molecule has 1 nitrogen and oxygen atoms in total. The molecule has 29 valence electrons. The van der Waals surface area contributed by atoms with Gasteiger partial charge < -0.3 is 22.1 Å². The van der Waals surface area contributed by atoms with Gasteiger partial charge in [0.1, 0.15) is 0 Å². The first-order valence-corrected chi connectivity index (χ1v) is 0.447. The zero-order valence-corrected chi connectivity index (χ0v) is 4.79. The second-order valence-electron chi connectivity index (χ2n) is 0. The molecule has 0 aliphatic carbocycles. The van der Waals surface area contributed by atoms with E-state index in [0.29, 0.717) is 0 Å². The van der Waals surface area contributed by atoms with E-state index in [1.807, 2.05) is 0 Å². The monoisotopic (exact) mass is 170 g/mol. The van der Waals surface area contributed by atoms with Crippen molar-refractivity contribution in [2.45, 2.75) is 0 Å². The summed E-state index contributed by atoms with van der Waals surface area (Å²) in [6, 6.07) is 0. The molecular weight excluding hydrogens is 167 g/mol. The number of hydrogen-bond donors (Lipinski definition) is 1. The molecule has 0 aliphatic rings. The average molecular weight is 171 g/mol. The zero-order valence-electron chi connectivity index (χ0n) is 2.16. The molecule has 0 saturated carbocycles. The minimum atomic E-state index is 0. The largest absolute Gasteiger partial charge is 2.00 e. The Bertz CT molecular complexity index is 8.00. The number of rotatable bonds is 0. The third-order valence-corrected chi connectivity index (χ3v) is 0. The second-order valence-corrected chi connectivity index (χ2v) is 0. The fourth-order valence-corrected chi connectivity index (χ4v) is 0. The van der Waals surface area contributed by atoms with E-state index in [-0.39, 0.29) is 33.8 Å². The molecule has 0 atom stereocenters. The molecule has 0 aromatic heterocycles. The van der Waals surface area contributed by atoms with Crippen molar-refractivity contribution < 1.29 is 38.9 Å². The van der Waals surface area contributed by atoms with Crippen LogP contribution in [0.15, 0.2) is 0 Å². The molecule has 0 aliphatic heterocycles. The number of halogens is 1. The van der Waals surface area contributed by atoms with Gasteiger partial charge in [0.25, 0.3) is 0 Å². The molecule has 0 amide bonds. The summed E-state index contributed by atoms with van der Waals surface area (Å²) in [5.41, 5.74) is 0. The van der Waals surface area contributed by atoms with Crippen molar-refractivity contribution in [2.75, 3.05) is 7.11 Å². The Morgan fingerprint density at radius 2 is 1.25 bits per heavy atom. The van der Waals surface area contributed by atoms with Gasteiger partial charge in [-0.25, -0.2) is 0 Å². The van der Waals surface area contributed by atoms with Crippen LogP contribution in [0.5, 0.6) is 0 Å². The van der Waals surface area contributed by atoms with Crippen LogP contribution >= 0.6 is 0 Å². The summed E-state index contributed by atoms with van der Waals surface area (Å²) in [6.07, 6.45) is 0. The summed E-state index contributed by atoms with van der Waals surface area (Å²) < 4.78 is 0. The minimum absolute atomic E-state index is 0. The van der Waals surface area contributed by atoms with Crippen LogP contribution in [0.25, 0.3) is 0 Å². The molecule has 0 saturated heterocycles. The maximum Gasteiger partial charge on any atom is 2.00 e. The van der Waals surface area contributed by atoms with Gasteiger partial charge in [0.2, 0.25) is 0 Å². The van der Waals surface area contributed by atoms with Crippen LogP contribution in [0.2, 0.25) is 0 Å². The molecule has 0 unspecified atom stereocenters. The van der Waals surface area contributed by atoms with Gasteiger partial charge in [-0.1, -0.05) is 0 Å². The van der Waals surface area contributed by atoms with E-state index in [9.17, 15) is 0 Å². The summed E-state index contributed by atoms with van der Waals surface area (Å²) in [5, 5.41) is 7.00. The van der Waals surface area contributed by atoms with E-state index >= 15 is 0 Å². The molecule has 0 rings (SSSR count). The van der Waals surface area contributed by atoms with Crippen molar-refractivity contribution in [3.05, 3.63) is 0 Å². The Kier molecular flexibility index (Phi) is 194. The first-order chi connectivity index (χ1) is 1.00.